The summed E-state index contributed by atoms with van der Waals surface area (Å²) < 4.78 is 9.89. The summed E-state index contributed by atoms with van der Waals surface area (Å²) in [5.41, 5.74) is 1.13. The fraction of sp³-hybridized carbons (Fsp3) is 0.125. The Morgan fingerprint density at radius 3 is 2.71 bits per heavy atom. The van der Waals surface area contributed by atoms with Gasteiger partial charge in [-0.1, -0.05) is 6.07 Å². The fourth-order valence-corrected chi connectivity index (χ4v) is 3.10. The van der Waals surface area contributed by atoms with E-state index in [4.69, 9.17) is 9.47 Å². The standard InChI is InChI=1S/C16H13N3O4S/c1-22-10-5-3-4-9(8-10)14(20)19-11-12-15(18-7-6-17-12)24-13(11)16(21)23-2/h3-8H,1-2H3,(H,19,20). The molecule has 0 saturated carbocycles. The van der Waals surface area contributed by atoms with Crippen molar-refractivity contribution in [2.24, 2.45) is 0 Å². The number of hydrogen-bond acceptors (Lipinski definition) is 7. The van der Waals surface area contributed by atoms with Gasteiger partial charge in [-0.15, -0.1) is 11.3 Å². The molecule has 8 heteroatoms. The van der Waals surface area contributed by atoms with Gasteiger partial charge in [0, 0.05) is 18.0 Å². The third-order valence-corrected chi connectivity index (χ3v) is 4.34. The van der Waals surface area contributed by atoms with Gasteiger partial charge in [0.05, 0.1) is 19.9 Å². The second kappa shape index (κ2) is 6.63. The second-order valence-corrected chi connectivity index (χ2v) is 5.69. The maximum absolute atomic E-state index is 12.5. The Kier molecular flexibility index (Phi) is 4.39. The summed E-state index contributed by atoms with van der Waals surface area (Å²) in [4.78, 5) is 33.7. The molecule has 0 saturated heterocycles. The van der Waals surface area contributed by atoms with E-state index in [1.54, 1.807) is 24.3 Å². The van der Waals surface area contributed by atoms with Gasteiger partial charge in [-0.3, -0.25) is 4.79 Å². The number of amides is 1. The largest absolute Gasteiger partial charge is 0.497 e. The normalized spacial score (nSPS) is 10.4. The number of benzene rings is 1. The number of thiophene rings is 1. The number of carbonyl (C=O) groups is 2. The molecule has 1 N–H and O–H groups in total. The highest BCUT2D eigenvalue weighted by molar-refractivity contribution is 7.21. The summed E-state index contributed by atoms with van der Waals surface area (Å²) in [5, 5.41) is 2.73. The highest BCUT2D eigenvalue weighted by Gasteiger charge is 2.22. The van der Waals surface area contributed by atoms with Gasteiger partial charge >= 0.3 is 5.97 Å². The molecule has 0 radical (unpaired) electrons. The number of ether oxygens (including phenoxy) is 2. The topological polar surface area (TPSA) is 90.4 Å². The lowest BCUT2D eigenvalue weighted by molar-refractivity contribution is 0.0607. The van der Waals surface area contributed by atoms with Crippen molar-refractivity contribution < 1.29 is 19.1 Å². The van der Waals surface area contributed by atoms with Crippen molar-refractivity contribution in [2.75, 3.05) is 19.5 Å². The average Bonchev–Trinajstić information content (AvgIpc) is 2.99. The number of nitrogens with one attached hydrogen (secondary N) is 1. The number of fused-ring (bicyclic) bond motifs is 1. The minimum absolute atomic E-state index is 0.245. The van der Waals surface area contributed by atoms with Crippen LogP contribution in [-0.2, 0) is 4.74 Å². The number of hydrogen-bond donors (Lipinski definition) is 1. The highest BCUT2D eigenvalue weighted by atomic mass is 32.1. The molecule has 0 aliphatic heterocycles. The van der Waals surface area contributed by atoms with Crippen LogP contribution in [0.4, 0.5) is 5.69 Å². The van der Waals surface area contributed by atoms with Crippen molar-refractivity contribution in [1.29, 1.82) is 0 Å². The van der Waals surface area contributed by atoms with Crippen LogP contribution < -0.4 is 10.1 Å². The van der Waals surface area contributed by atoms with Crippen molar-refractivity contribution in [3.63, 3.8) is 0 Å². The van der Waals surface area contributed by atoms with E-state index in [1.807, 2.05) is 0 Å². The molecule has 24 heavy (non-hydrogen) atoms. The predicted octanol–water partition coefficient (Wildman–Crippen LogP) is 2.74. The summed E-state index contributed by atoms with van der Waals surface area (Å²) in [5.74, 6) is -0.379. The van der Waals surface area contributed by atoms with E-state index in [1.165, 1.54) is 26.6 Å². The van der Waals surface area contributed by atoms with Crippen LogP contribution in [0.5, 0.6) is 5.75 Å². The molecule has 1 aromatic carbocycles. The van der Waals surface area contributed by atoms with Crippen molar-refractivity contribution >= 4 is 39.2 Å². The maximum atomic E-state index is 12.5. The minimum Gasteiger partial charge on any atom is -0.497 e. The maximum Gasteiger partial charge on any atom is 0.350 e. The highest BCUT2D eigenvalue weighted by Crippen LogP contribution is 2.34. The first-order valence-corrected chi connectivity index (χ1v) is 7.73. The van der Waals surface area contributed by atoms with Gasteiger partial charge in [0.25, 0.3) is 5.91 Å². The van der Waals surface area contributed by atoms with Crippen molar-refractivity contribution in [2.45, 2.75) is 0 Å². The lowest BCUT2D eigenvalue weighted by atomic mass is 10.2. The number of esters is 1. The lowest BCUT2D eigenvalue weighted by Crippen LogP contribution is -2.14. The number of aromatic nitrogens is 2. The Morgan fingerprint density at radius 2 is 1.96 bits per heavy atom. The van der Waals surface area contributed by atoms with E-state index in [9.17, 15) is 9.59 Å². The predicted molar refractivity (Wildman–Crippen MR) is 89.7 cm³/mol. The molecule has 0 unspecified atom stereocenters. The molecule has 7 nitrogen and oxygen atoms in total. The Morgan fingerprint density at radius 1 is 1.17 bits per heavy atom. The van der Waals surface area contributed by atoms with Gasteiger partial charge in [0.1, 0.15) is 21.0 Å². The molecule has 2 aromatic heterocycles. The molecular weight excluding hydrogens is 330 g/mol. The molecule has 0 spiro atoms. The quantitative estimate of drug-likeness (QED) is 0.733. The van der Waals surface area contributed by atoms with Gasteiger partial charge in [-0.2, -0.15) is 0 Å². The van der Waals surface area contributed by atoms with Gasteiger partial charge < -0.3 is 14.8 Å². The van der Waals surface area contributed by atoms with E-state index in [-0.39, 0.29) is 10.8 Å². The number of rotatable bonds is 4. The molecule has 0 atom stereocenters. The van der Waals surface area contributed by atoms with Gasteiger partial charge in [-0.05, 0) is 18.2 Å². The van der Waals surface area contributed by atoms with Gasteiger partial charge in [-0.25, -0.2) is 14.8 Å². The zero-order valence-corrected chi connectivity index (χ0v) is 13.7. The summed E-state index contributed by atoms with van der Waals surface area (Å²) in [6.07, 6.45) is 3.02. The Bertz CT molecular complexity index is 923. The van der Waals surface area contributed by atoms with Crippen LogP contribution in [-0.4, -0.2) is 36.1 Å². The third-order valence-electron chi connectivity index (χ3n) is 3.27. The van der Waals surface area contributed by atoms with Gasteiger partial charge in [0.15, 0.2) is 0 Å². The Balaban J connectivity index is 2.02. The fourth-order valence-electron chi connectivity index (χ4n) is 2.13. The van der Waals surface area contributed by atoms with Crippen molar-refractivity contribution in [3.8, 4) is 5.75 Å². The lowest BCUT2D eigenvalue weighted by Gasteiger charge is -2.07. The zero-order chi connectivity index (χ0) is 17.1. The molecule has 0 aliphatic carbocycles. The van der Waals surface area contributed by atoms with Crippen LogP contribution in [0.2, 0.25) is 0 Å². The summed E-state index contributed by atoms with van der Waals surface area (Å²) in [6, 6.07) is 6.70. The number of methoxy groups -OCH3 is 2. The zero-order valence-electron chi connectivity index (χ0n) is 12.9. The van der Waals surface area contributed by atoms with Crippen molar-refractivity contribution in [1.82, 2.24) is 9.97 Å². The summed E-state index contributed by atoms with van der Waals surface area (Å²) >= 11 is 1.11. The molecule has 0 bridgehead atoms. The van der Waals surface area contributed by atoms with E-state index in [0.717, 1.165) is 11.3 Å². The molecule has 0 fully saturated rings. The molecule has 1 amide bonds. The van der Waals surface area contributed by atoms with Gasteiger partial charge in [0.2, 0.25) is 0 Å². The molecule has 2 heterocycles. The SMILES string of the molecule is COC(=O)c1sc2nccnc2c1NC(=O)c1cccc(OC)c1. The van der Waals surface area contributed by atoms with Crippen LogP contribution >= 0.6 is 11.3 Å². The van der Waals surface area contributed by atoms with E-state index in [0.29, 0.717) is 27.3 Å². The van der Waals surface area contributed by atoms with Crippen LogP contribution in [0.15, 0.2) is 36.7 Å². The third kappa shape index (κ3) is 2.91. The molecule has 122 valence electrons. The molecular formula is C16H13N3O4S. The van der Waals surface area contributed by atoms with Crippen LogP contribution in [0.3, 0.4) is 0 Å². The summed E-state index contributed by atoms with van der Waals surface area (Å²) in [7, 11) is 2.80. The Hall–Kier alpha value is -3.00. The minimum atomic E-state index is -0.555. The first kappa shape index (κ1) is 15.9. The van der Waals surface area contributed by atoms with Crippen LogP contribution in [0.25, 0.3) is 10.3 Å². The molecule has 3 rings (SSSR count). The van der Waals surface area contributed by atoms with E-state index < -0.39 is 5.97 Å². The van der Waals surface area contributed by atoms with Crippen LogP contribution in [0.1, 0.15) is 20.0 Å². The number of carbonyl (C=O) groups excluding carboxylic acids is 2. The Labute approximate surface area is 141 Å². The molecule has 3 aromatic rings. The average molecular weight is 343 g/mol. The van der Waals surface area contributed by atoms with E-state index in [2.05, 4.69) is 15.3 Å². The first-order chi connectivity index (χ1) is 11.6. The van der Waals surface area contributed by atoms with Crippen molar-refractivity contribution in [3.05, 3.63) is 47.1 Å². The monoisotopic (exact) mass is 343 g/mol. The number of nitrogens with zero attached hydrogens (tertiary/aromatic N) is 2. The first-order valence-electron chi connectivity index (χ1n) is 6.91. The second-order valence-electron chi connectivity index (χ2n) is 4.69. The smallest absolute Gasteiger partial charge is 0.350 e. The van der Waals surface area contributed by atoms with Crippen LogP contribution in [0, 0.1) is 0 Å². The summed E-state index contributed by atoms with van der Waals surface area (Å²) in [6.45, 7) is 0. The number of anilines is 1. The van der Waals surface area contributed by atoms with E-state index >= 15 is 0 Å². The molecule has 0 aliphatic rings.